The molecule has 0 fully saturated rings. The first kappa shape index (κ1) is 20.0. The Labute approximate surface area is 157 Å². The molecule has 2 rings (SSSR count). The molecule has 1 amide bonds. The van der Waals surface area contributed by atoms with Gasteiger partial charge in [0.1, 0.15) is 5.75 Å². The lowest BCUT2D eigenvalue weighted by Gasteiger charge is -2.08. The van der Waals surface area contributed by atoms with Gasteiger partial charge in [0.2, 0.25) is 0 Å². The zero-order valence-corrected chi connectivity index (χ0v) is 15.2. The number of carbonyl (C=O) groups is 3. The molecular weight excluding hydrogens is 350 g/mol. The van der Waals surface area contributed by atoms with Gasteiger partial charge in [-0.05, 0) is 55.0 Å². The van der Waals surface area contributed by atoms with Crippen LogP contribution in [-0.4, -0.2) is 38.2 Å². The first-order chi connectivity index (χ1) is 13.0. The van der Waals surface area contributed by atoms with E-state index in [1.807, 2.05) is 6.92 Å². The molecule has 7 nitrogen and oxygen atoms in total. The van der Waals surface area contributed by atoms with Gasteiger partial charge in [0.25, 0.3) is 5.91 Å². The molecule has 0 bridgehead atoms. The second-order valence-corrected chi connectivity index (χ2v) is 5.57. The molecule has 0 heterocycles. The van der Waals surface area contributed by atoms with E-state index in [0.717, 1.165) is 6.42 Å². The molecule has 27 heavy (non-hydrogen) atoms. The monoisotopic (exact) mass is 371 g/mol. The minimum atomic E-state index is -0.609. The lowest BCUT2D eigenvalue weighted by Crippen LogP contribution is -2.21. The van der Waals surface area contributed by atoms with Crippen LogP contribution in [0, 0.1) is 0 Å². The fourth-order valence-electron chi connectivity index (χ4n) is 2.11. The Hall–Kier alpha value is -3.35. The highest BCUT2D eigenvalue weighted by Crippen LogP contribution is 2.13. The number of carbonyl (C=O) groups excluding carboxylic acids is 3. The summed E-state index contributed by atoms with van der Waals surface area (Å²) in [5.74, 6) is -0.894. The van der Waals surface area contributed by atoms with Gasteiger partial charge in [0.15, 0.2) is 6.61 Å². The second-order valence-electron chi connectivity index (χ2n) is 5.57. The Bertz CT molecular complexity index is 783. The topological polar surface area (TPSA) is 90.9 Å². The Balaban J connectivity index is 1.82. The zero-order valence-electron chi connectivity index (χ0n) is 15.2. The summed E-state index contributed by atoms with van der Waals surface area (Å²) in [7, 11) is 1.53. The summed E-state index contributed by atoms with van der Waals surface area (Å²) in [4.78, 5) is 35.5. The number of amides is 1. The maximum Gasteiger partial charge on any atom is 0.338 e. The van der Waals surface area contributed by atoms with Crippen LogP contribution in [0.4, 0.5) is 5.69 Å². The molecule has 0 aliphatic heterocycles. The highest BCUT2D eigenvalue weighted by atomic mass is 16.5. The van der Waals surface area contributed by atoms with Crippen LogP contribution in [0.15, 0.2) is 48.5 Å². The van der Waals surface area contributed by atoms with Crippen LogP contribution >= 0.6 is 0 Å². The Morgan fingerprint density at radius 3 is 1.96 bits per heavy atom. The predicted molar refractivity (Wildman–Crippen MR) is 98.9 cm³/mol. The first-order valence-electron chi connectivity index (χ1n) is 8.41. The van der Waals surface area contributed by atoms with E-state index in [2.05, 4.69) is 5.32 Å². The molecule has 7 heteroatoms. The third-order valence-corrected chi connectivity index (χ3v) is 3.50. The molecule has 0 spiro atoms. The van der Waals surface area contributed by atoms with Crippen molar-refractivity contribution in [3.05, 3.63) is 59.7 Å². The van der Waals surface area contributed by atoms with Crippen LogP contribution in [0.1, 0.15) is 34.1 Å². The van der Waals surface area contributed by atoms with Crippen LogP contribution in [-0.2, 0) is 14.3 Å². The quantitative estimate of drug-likeness (QED) is 0.717. The van der Waals surface area contributed by atoms with E-state index in [4.69, 9.17) is 14.2 Å². The number of nitrogens with one attached hydrogen (secondary N) is 1. The number of methoxy groups -OCH3 is 1. The lowest BCUT2D eigenvalue weighted by atomic mass is 10.2. The summed E-state index contributed by atoms with van der Waals surface area (Å²) in [6.45, 7) is 1.84. The van der Waals surface area contributed by atoms with E-state index in [9.17, 15) is 14.4 Å². The summed E-state index contributed by atoms with van der Waals surface area (Å²) in [6, 6.07) is 12.6. The summed E-state index contributed by atoms with van der Waals surface area (Å²) >= 11 is 0. The van der Waals surface area contributed by atoms with Crippen molar-refractivity contribution in [2.24, 2.45) is 0 Å². The van der Waals surface area contributed by atoms with Crippen LogP contribution in [0.2, 0.25) is 0 Å². The van der Waals surface area contributed by atoms with Gasteiger partial charge in [-0.15, -0.1) is 0 Å². The van der Waals surface area contributed by atoms with Gasteiger partial charge in [-0.1, -0.05) is 6.92 Å². The SMILES string of the molecule is CCCOC(=O)c1ccc(NC(=O)COC(=O)c2ccc(OC)cc2)cc1. The molecule has 0 atom stereocenters. The Morgan fingerprint density at radius 1 is 0.852 bits per heavy atom. The minimum absolute atomic E-state index is 0.318. The van der Waals surface area contributed by atoms with Crippen LogP contribution in [0.25, 0.3) is 0 Å². The predicted octanol–water partition coefficient (Wildman–Crippen LogP) is 3.06. The van der Waals surface area contributed by atoms with Gasteiger partial charge < -0.3 is 19.5 Å². The van der Waals surface area contributed by atoms with E-state index in [1.54, 1.807) is 48.5 Å². The second kappa shape index (κ2) is 9.96. The van der Waals surface area contributed by atoms with E-state index in [1.165, 1.54) is 7.11 Å². The standard InChI is InChI=1S/C20H21NO6/c1-3-12-26-19(23)14-4-8-16(9-5-14)21-18(22)13-27-20(24)15-6-10-17(25-2)11-7-15/h4-11H,3,12-13H2,1-2H3,(H,21,22). The lowest BCUT2D eigenvalue weighted by molar-refractivity contribution is -0.119. The van der Waals surface area contributed by atoms with Crippen molar-refractivity contribution in [3.8, 4) is 5.75 Å². The van der Waals surface area contributed by atoms with E-state index < -0.39 is 24.5 Å². The minimum Gasteiger partial charge on any atom is -0.497 e. The number of hydrogen-bond acceptors (Lipinski definition) is 6. The van der Waals surface area contributed by atoms with Crippen LogP contribution in [0.3, 0.4) is 0 Å². The summed E-state index contributed by atoms with van der Waals surface area (Å²) in [5, 5.41) is 2.59. The molecule has 2 aromatic carbocycles. The largest absolute Gasteiger partial charge is 0.497 e. The summed E-state index contributed by atoms with van der Waals surface area (Å²) < 4.78 is 15.0. The fraction of sp³-hybridized carbons (Fsp3) is 0.250. The van der Waals surface area contributed by atoms with Crippen molar-refractivity contribution < 1.29 is 28.6 Å². The molecule has 0 saturated heterocycles. The highest BCUT2D eigenvalue weighted by Gasteiger charge is 2.11. The first-order valence-corrected chi connectivity index (χ1v) is 8.41. The Morgan fingerprint density at radius 2 is 1.41 bits per heavy atom. The highest BCUT2D eigenvalue weighted by molar-refractivity contribution is 5.96. The van der Waals surface area contributed by atoms with E-state index in [-0.39, 0.29) is 0 Å². The summed E-state index contributed by atoms with van der Waals surface area (Å²) in [5.41, 5.74) is 1.19. The molecule has 0 aliphatic rings. The smallest absolute Gasteiger partial charge is 0.338 e. The van der Waals surface area contributed by atoms with Crippen molar-refractivity contribution in [3.63, 3.8) is 0 Å². The fourth-order valence-corrected chi connectivity index (χ4v) is 2.11. The molecule has 1 N–H and O–H groups in total. The van der Waals surface area contributed by atoms with E-state index >= 15 is 0 Å². The number of esters is 2. The Kier molecular flexibility index (Phi) is 7.37. The van der Waals surface area contributed by atoms with Crippen LogP contribution < -0.4 is 10.1 Å². The number of benzene rings is 2. The van der Waals surface area contributed by atoms with Crippen LogP contribution in [0.5, 0.6) is 5.75 Å². The zero-order chi connectivity index (χ0) is 19.6. The van der Waals surface area contributed by atoms with Gasteiger partial charge in [0.05, 0.1) is 24.8 Å². The van der Waals surface area contributed by atoms with Gasteiger partial charge in [-0.3, -0.25) is 4.79 Å². The molecule has 0 unspecified atom stereocenters. The number of rotatable bonds is 8. The molecule has 0 aliphatic carbocycles. The molecule has 0 aromatic heterocycles. The molecule has 142 valence electrons. The van der Waals surface area contributed by atoms with Crippen molar-refractivity contribution in [2.75, 3.05) is 25.6 Å². The van der Waals surface area contributed by atoms with Crippen molar-refractivity contribution >= 4 is 23.5 Å². The van der Waals surface area contributed by atoms with Gasteiger partial charge in [-0.25, -0.2) is 9.59 Å². The third-order valence-electron chi connectivity index (χ3n) is 3.50. The van der Waals surface area contributed by atoms with Crippen molar-refractivity contribution in [2.45, 2.75) is 13.3 Å². The van der Waals surface area contributed by atoms with Crippen molar-refractivity contribution in [1.82, 2.24) is 0 Å². The van der Waals surface area contributed by atoms with E-state index in [0.29, 0.717) is 29.2 Å². The van der Waals surface area contributed by atoms with Crippen molar-refractivity contribution in [1.29, 1.82) is 0 Å². The number of anilines is 1. The summed E-state index contributed by atoms with van der Waals surface area (Å²) in [6.07, 6.45) is 0.745. The maximum atomic E-state index is 11.9. The maximum absolute atomic E-state index is 11.9. The van der Waals surface area contributed by atoms with Gasteiger partial charge in [0, 0.05) is 5.69 Å². The molecule has 0 radical (unpaired) electrons. The number of hydrogen-bond donors (Lipinski definition) is 1. The number of ether oxygens (including phenoxy) is 3. The molecule has 0 saturated carbocycles. The average molecular weight is 371 g/mol. The van der Waals surface area contributed by atoms with Gasteiger partial charge >= 0.3 is 11.9 Å². The molecular formula is C20H21NO6. The third kappa shape index (κ3) is 6.14. The van der Waals surface area contributed by atoms with Gasteiger partial charge in [-0.2, -0.15) is 0 Å². The molecule has 2 aromatic rings. The average Bonchev–Trinajstić information content (AvgIpc) is 2.70. The normalized spacial score (nSPS) is 10.0.